The fraction of sp³-hybridized carbons (Fsp3) is 0. The van der Waals surface area contributed by atoms with Gasteiger partial charge in [0.1, 0.15) is 0 Å². The zero-order valence-corrected chi connectivity index (χ0v) is 23.2. The highest BCUT2D eigenvalue weighted by atomic mass is 32.1. The minimum Gasteiger partial charge on any atom is -0.301 e. The molecule has 0 radical (unpaired) electrons. The first kappa shape index (κ1) is 23.3. The quantitative estimate of drug-likeness (QED) is 0.191. The lowest BCUT2D eigenvalue weighted by atomic mass is 9.92. The number of hydrogen-bond donors (Lipinski definition) is 0. The van der Waals surface area contributed by atoms with Crippen molar-refractivity contribution in [3.63, 3.8) is 0 Å². The smallest absolute Gasteiger partial charge is 0.0999 e. The Morgan fingerprint density at radius 1 is 0.375 bits per heavy atom. The fourth-order valence-corrected chi connectivity index (χ4v) is 7.40. The maximum absolute atomic E-state index is 2.39. The number of hydrogen-bond acceptors (Lipinski definition) is 4. The van der Waals surface area contributed by atoms with Crippen LogP contribution >= 0.6 is 22.7 Å². The Labute approximate surface area is 240 Å². The van der Waals surface area contributed by atoms with Crippen LogP contribution in [0, 0.1) is 0 Å². The summed E-state index contributed by atoms with van der Waals surface area (Å²) >= 11 is 3.53. The van der Waals surface area contributed by atoms with E-state index in [1.54, 1.807) is 22.7 Å². The number of rotatable bonds is 6. The second kappa shape index (κ2) is 9.53. The molecule has 6 aromatic carbocycles. The van der Waals surface area contributed by atoms with Crippen LogP contribution in [0.5, 0.6) is 0 Å². The SMILES string of the molecule is c1ccc(N(c2cccs2)c2ccc3ccc4c(N(c5ccccc5)c5cccs5)ccc5ccc2c3c54)cc1. The Morgan fingerprint density at radius 3 is 1.20 bits per heavy atom. The standard InChI is InChI=1S/C36H24N2S2/c1-3-9-27(10-4-1)37(33-13-7-23-39-33)31-21-17-25-16-20-30-32(22-18-26-15-19-29(31)35(25)36(26)30)38(34-14-8-24-40-34)28-11-5-2-6-12-28/h1-24H. The van der Waals surface area contributed by atoms with E-state index >= 15 is 0 Å². The molecule has 0 amide bonds. The largest absolute Gasteiger partial charge is 0.301 e. The second-order valence-electron chi connectivity index (χ2n) is 9.84. The van der Waals surface area contributed by atoms with Gasteiger partial charge in [0.15, 0.2) is 0 Å². The van der Waals surface area contributed by atoms with E-state index < -0.39 is 0 Å². The van der Waals surface area contributed by atoms with Crippen LogP contribution in [-0.4, -0.2) is 0 Å². The summed E-state index contributed by atoms with van der Waals surface area (Å²) in [6, 6.07) is 48.3. The van der Waals surface area contributed by atoms with E-state index in [2.05, 4.69) is 154 Å². The van der Waals surface area contributed by atoms with Crippen molar-refractivity contribution in [2.24, 2.45) is 0 Å². The minimum atomic E-state index is 1.16. The first-order valence-corrected chi connectivity index (χ1v) is 15.1. The number of benzene rings is 6. The molecule has 0 atom stereocenters. The van der Waals surface area contributed by atoms with E-state index in [9.17, 15) is 0 Å². The van der Waals surface area contributed by atoms with Gasteiger partial charge in [-0.1, -0.05) is 72.8 Å². The van der Waals surface area contributed by atoms with E-state index in [4.69, 9.17) is 0 Å². The van der Waals surface area contributed by atoms with Gasteiger partial charge in [-0.2, -0.15) is 0 Å². The highest BCUT2D eigenvalue weighted by molar-refractivity contribution is 7.14. The highest BCUT2D eigenvalue weighted by Crippen LogP contribution is 2.48. The normalized spacial score (nSPS) is 11.5. The molecule has 0 unspecified atom stereocenters. The summed E-state index contributed by atoms with van der Waals surface area (Å²) in [5.74, 6) is 0. The second-order valence-corrected chi connectivity index (χ2v) is 11.7. The van der Waals surface area contributed by atoms with E-state index in [1.165, 1.54) is 53.7 Å². The Bertz CT molecular complexity index is 1900. The molecule has 4 heteroatoms. The van der Waals surface area contributed by atoms with Crippen LogP contribution in [0.2, 0.25) is 0 Å². The molecule has 8 rings (SSSR count). The third kappa shape index (κ3) is 3.69. The molecule has 2 heterocycles. The Balaban J connectivity index is 1.42. The number of para-hydroxylation sites is 2. The molecular weight excluding hydrogens is 525 g/mol. The molecule has 2 nitrogen and oxygen atoms in total. The summed E-state index contributed by atoms with van der Waals surface area (Å²) in [6.07, 6.45) is 0. The first-order chi connectivity index (χ1) is 19.9. The zero-order valence-electron chi connectivity index (χ0n) is 21.6. The molecule has 0 aliphatic rings. The van der Waals surface area contributed by atoms with Crippen molar-refractivity contribution in [2.75, 3.05) is 9.80 Å². The summed E-state index contributed by atoms with van der Waals surface area (Å²) in [5.41, 5.74) is 4.71. The van der Waals surface area contributed by atoms with E-state index in [-0.39, 0.29) is 0 Å². The number of nitrogens with zero attached hydrogens (tertiary/aromatic N) is 2. The summed E-state index contributed by atoms with van der Waals surface area (Å²) in [7, 11) is 0. The van der Waals surface area contributed by atoms with Crippen molar-refractivity contribution >= 4 is 87.7 Å². The molecule has 190 valence electrons. The predicted octanol–water partition coefficient (Wildman–Crippen LogP) is 11.6. The van der Waals surface area contributed by atoms with Crippen LogP contribution in [0.15, 0.2) is 144 Å². The van der Waals surface area contributed by atoms with Gasteiger partial charge >= 0.3 is 0 Å². The third-order valence-electron chi connectivity index (χ3n) is 7.58. The molecule has 0 bridgehead atoms. The van der Waals surface area contributed by atoms with Gasteiger partial charge in [-0.25, -0.2) is 0 Å². The summed E-state index contributed by atoms with van der Waals surface area (Å²) in [5, 5.41) is 14.4. The van der Waals surface area contributed by atoms with Crippen molar-refractivity contribution in [3.8, 4) is 0 Å². The summed E-state index contributed by atoms with van der Waals surface area (Å²) in [4.78, 5) is 4.78. The Kier molecular flexibility index (Phi) is 5.54. The van der Waals surface area contributed by atoms with Crippen LogP contribution in [0.1, 0.15) is 0 Å². The topological polar surface area (TPSA) is 6.48 Å². The van der Waals surface area contributed by atoms with Gasteiger partial charge in [0.25, 0.3) is 0 Å². The third-order valence-corrected chi connectivity index (χ3v) is 9.29. The molecule has 0 saturated carbocycles. The molecule has 0 fully saturated rings. The Morgan fingerprint density at radius 2 is 0.800 bits per heavy atom. The van der Waals surface area contributed by atoms with Gasteiger partial charge in [-0.3, -0.25) is 0 Å². The molecule has 0 aliphatic heterocycles. The van der Waals surface area contributed by atoms with Crippen LogP contribution in [0.25, 0.3) is 32.3 Å². The fourth-order valence-electron chi connectivity index (χ4n) is 5.88. The number of anilines is 6. The molecular formula is C36H24N2S2. The molecule has 0 spiro atoms. The van der Waals surface area contributed by atoms with E-state index in [0.717, 1.165) is 11.4 Å². The van der Waals surface area contributed by atoms with Gasteiger partial charge in [0.05, 0.1) is 21.4 Å². The monoisotopic (exact) mass is 548 g/mol. The van der Waals surface area contributed by atoms with Crippen molar-refractivity contribution in [1.82, 2.24) is 0 Å². The predicted molar refractivity (Wildman–Crippen MR) is 175 cm³/mol. The lowest BCUT2D eigenvalue weighted by Crippen LogP contribution is -2.10. The highest BCUT2D eigenvalue weighted by Gasteiger charge is 2.21. The number of thiophene rings is 2. The minimum absolute atomic E-state index is 1.16. The van der Waals surface area contributed by atoms with Crippen molar-refractivity contribution < 1.29 is 0 Å². The lowest BCUT2D eigenvalue weighted by Gasteiger charge is -2.28. The molecule has 8 aromatic rings. The lowest BCUT2D eigenvalue weighted by molar-refractivity contribution is 1.33. The average Bonchev–Trinajstić information content (AvgIpc) is 3.74. The molecule has 0 aliphatic carbocycles. The van der Waals surface area contributed by atoms with Crippen LogP contribution in [0.4, 0.5) is 32.8 Å². The maximum Gasteiger partial charge on any atom is 0.0999 e. The van der Waals surface area contributed by atoms with Gasteiger partial charge in [-0.15, -0.1) is 22.7 Å². The molecule has 0 saturated heterocycles. The van der Waals surface area contributed by atoms with E-state index in [1.807, 2.05) is 0 Å². The van der Waals surface area contributed by atoms with Crippen LogP contribution < -0.4 is 9.80 Å². The summed E-state index contributed by atoms with van der Waals surface area (Å²) < 4.78 is 0. The van der Waals surface area contributed by atoms with Gasteiger partial charge in [-0.05, 0) is 93.0 Å². The van der Waals surface area contributed by atoms with Crippen LogP contribution in [-0.2, 0) is 0 Å². The van der Waals surface area contributed by atoms with Crippen molar-refractivity contribution in [3.05, 3.63) is 144 Å². The van der Waals surface area contributed by atoms with Gasteiger partial charge < -0.3 is 9.80 Å². The molecule has 2 aromatic heterocycles. The maximum atomic E-state index is 2.39. The van der Waals surface area contributed by atoms with Gasteiger partial charge in [0.2, 0.25) is 0 Å². The van der Waals surface area contributed by atoms with Crippen molar-refractivity contribution in [2.45, 2.75) is 0 Å². The Hall–Kier alpha value is -4.64. The van der Waals surface area contributed by atoms with E-state index in [0.29, 0.717) is 0 Å². The van der Waals surface area contributed by atoms with Gasteiger partial charge in [0, 0.05) is 22.1 Å². The zero-order chi connectivity index (χ0) is 26.5. The summed E-state index contributed by atoms with van der Waals surface area (Å²) in [6.45, 7) is 0. The van der Waals surface area contributed by atoms with Crippen molar-refractivity contribution in [1.29, 1.82) is 0 Å². The average molecular weight is 549 g/mol. The first-order valence-electron chi connectivity index (χ1n) is 13.3. The molecule has 40 heavy (non-hydrogen) atoms. The van der Waals surface area contributed by atoms with Crippen LogP contribution in [0.3, 0.4) is 0 Å². The molecule has 0 N–H and O–H groups in total.